The molecule has 0 bridgehead atoms. The SMILES string of the molecule is CC(C)(C)C1CCC(CS(C)(=O)=O)CC1.CC(C)C1CCC(C#N)CC1.CC(C)C1CCC(CC#N)CC1.CC(C)C1CCC(OCC#N)CC1.CC(C)C1CCCC(C#N)C1.CC(C)C1CCN(C(=O)OC(C)(C)C)CC1.CC1CCC(CC#N)CC1.CC1CCC(CCC#N)CC1.CC1CCC(CCS(C)(=O)=O)CC1.CC1CCC(S(C)(=O)=O)CC1.COC1CCC(C(C)C)CC1.COCC1CCC(C(C)C)CC1. The molecular formula is C125H231N7O11S3. The minimum Gasteiger partial charge on any atom is -0.444 e. The number of rotatable bonds is 22. The van der Waals surface area contributed by atoms with Gasteiger partial charge >= 0.3 is 6.09 Å². The van der Waals surface area contributed by atoms with Crippen LogP contribution in [0.1, 0.15) is 494 Å². The van der Waals surface area contributed by atoms with Gasteiger partial charge in [-0.15, -0.1) is 0 Å². The molecule has 2 atom stereocenters. The summed E-state index contributed by atoms with van der Waals surface area (Å²) in [5, 5.41) is 51.1. The largest absolute Gasteiger partial charge is 0.444 e. The van der Waals surface area contributed by atoms with Gasteiger partial charge in [-0.2, -0.15) is 31.6 Å². The highest BCUT2D eigenvalue weighted by molar-refractivity contribution is 7.91. The molecule has 1 saturated heterocycles. The molecule has 12 aliphatic rings. The molecule has 1 aliphatic heterocycles. The predicted molar refractivity (Wildman–Crippen MR) is 613 cm³/mol. The maximum Gasteiger partial charge on any atom is 0.410 e. The molecule has 2 unspecified atom stereocenters. The van der Waals surface area contributed by atoms with E-state index in [0.717, 1.165) is 272 Å². The number of piperidine rings is 1. The molecule has 0 aromatic rings. The van der Waals surface area contributed by atoms with Crippen molar-refractivity contribution in [2.24, 2.45) is 165 Å². The van der Waals surface area contributed by atoms with E-state index in [9.17, 15) is 30.0 Å². The predicted octanol–water partition coefficient (Wildman–Crippen LogP) is 33.9. The second-order valence-corrected chi connectivity index (χ2v) is 59.7. The monoisotopic (exact) mass is 2100 g/mol. The first-order chi connectivity index (χ1) is 68.5. The summed E-state index contributed by atoms with van der Waals surface area (Å²) in [6, 6.07) is 13.5. The lowest BCUT2D eigenvalue weighted by atomic mass is 9.70. The second-order valence-electron chi connectivity index (χ2n) is 52.9. The van der Waals surface area contributed by atoms with Gasteiger partial charge in [0, 0.05) is 83.8 Å². The van der Waals surface area contributed by atoms with Gasteiger partial charge in [0.1, 0.15) is 41.7 Å². The summed E-state index contributed by atoms with van der Waals surface area (Å²) in [7, 11) is -4.62. The molecule has 0 spiro atoms. The van der Waals surface area contributed by atoms with Crippen LogP contribution in [0.4, 0.5) is 4.79 Å². The number of nitriles is 6. The Balaban J connectivity index is 0.000000798. The number of nitrogens with zero attached hydrogens (tertiary/aromatic N) is 7. The van der Waals surface area contributed by atoms with E-state index in [0.29, 0.717) is 58.7 Å². The zero-order valence-electron chi connectivity index (χ0n) is 100.0. The summed E-state index contributed by atoms with van der Waals surface area (Å²) in [5.74, 6) is 21.9. The van der Waals surface area contributed by atoms with Crippen LogP contribution in [0, 0.1) is 233 Å². The molecule has 0 N–H and O–H groups in total. The van der Waals surface area contributed by atoms with E-state index in [1.807, 2.05) is 46.0 Å². The standard InChI is InChI=1S/C13H25NO2.C12H24O2S.C11H19NO.C11H19N.C11H22O.3C10H17N.C10H20O2S.C10H20O.C9H15N.C8H16O2S/c1-10(2)11-6-8-14(9-7-11)12(15)16-13(3,4)5;1-12(2,3)11-7-5-10(6-8-11)9-15(4,13)14;1-9(2)10-3-5-11(6-4-10)13-8-7-12;1-9(2)11-5-3-10(4-6-11)7-8-12;1-9(2)11-6-4-10(5-7-11)8-12-3;1-8(2)10-5-3-9(7-11)4-6-10;1-8(2)10-5-3-4-9(6-10)7-11;1-9-4-6-10(7-5-9)3-2-8-11;1-9-3-5-10(6-4-9)7-8-13(2,11)12;1-8(2)9-4-6-10(11-3)7-5-9;1-8-2-4-9(5-3-8)6-7-10;1-7-3-5-8(6-4-7)11(2,9)10/h10-11H,6-9H2,1-5H3;10-11H,5-9H2,1-4H3;9-11H,3-6,8H2,1-2H3;9-11H,3-7H2,1-2H3;9-11H,4-8H2,1-3H3;2*8-10H,3-6H2,1-2H3;9-10H,2-7H2,1H3;9-10H,3-8H2,1-2H3;8-10H,4-7H2,1-3H3;8-9H,2-6H2,1H3;7-8H,3-6H2,1-2H3. The molecule has 21 heteroatoms. The average Bonchev–Trinajstić information content (AvgIpc) is 0.850. The van der Waals surface area contributed by atoms with Crippen LogP contribution in [0.3, 0.4) is 0 Å². The Bertz CT molecular complexity index is 3900. The van der Waals surface area contributed by atoms with Crippen molar-refractivity contribution < 1.29 is 49.0 Å². The minimum absolute atomic E-state index is 0.0429. The smallest absolute Gasteiger partial charge is 0.410 e. The molecule has 0 aromatic carbocycles. The molecular weight excluding hydrogens is 1870 g/mol. The van der Waals surface area contributed by atoms with E-state index in [-0.39, 0.29) is 23.6 Å². The lowest BCUT2D eigenvalue weighted by Crippen LogP contribution is -2.42. The van der Waals surface area contributed by atoms with Gasteiger partial charge in [-0.1, -0.05) is 222 Å². The second kappa shape index (κ2) is 77.3. The Morgan fingerprint density at radius 2 is 0.699 bits per heavy atom. The minimum atomic E-state index is -2.78. The first-order valence-corrected chi connectivity index (χ1v) is 66.0. The van der Waals surface area contributed by atoms with Crippen LogP contribution in [0.2, 0.25) is 0 Å². The first-order valence-electron chi connectivity index (χ1n) is 59.9. The van der Waals surface area contributed by atoms with Crippen LogP contribution in [0.15, 0.2) is 0 Å². The number of likely N-dealkylation sites (tertiary alicyclic amines) is 1. The molecule has 12 rings (SSSR count). The van der Waals surface area contributed by atoms with Crippen molar-refractivity contribution in [3.05, 3.63) is 0 Å². The normalized spacial score (nSPS) is 29.8. The molecule has 146 heavy (non-hydrogen) atoms. The summed E-state index contributed by atoms with van der Waals surface area (Å²) in [6.45, 7) is 56.8. The van der Waals surface area contributed by atoms with Crippen molar-refractivity contribution in [3.63, 3.8) is 0 Å². The summed E-state index contributed by atoms with van der Waals surface area (Å²) < 4.78 is 87.7. The van der Waals surface area contributed by atoms with Gasteiger partial charge in [-0.3, -0.25) is 0 Å². The molecule has 18 nitrogen and oxygen atoms in total. The summed E-state index contributed by atoms with van der Waals surface area (Å²) in [5.41, 5.74) is 0.00202. The van der Waals surface area contributed by atoms with Crippen molar-refractivity contribution in [1.29, 1.82) is 31.6 Å². The summed E-state index contributed by atoms with van der Waals surface area (Å²) in [6.07, 6.45) is 66.4. The third-order valence-electron chi connectivity index (χ3n) is 35.9. The number of methoxy groups -OCH3 is 2. The quantitative estimate of drug-likeness (QED) is 0.0972. The van der Waals surface area contributed by atoms with E-state index in [4.69, 9.17) is 50.5 Å². The zero-order chi connectivity index (χ0) is 110. The Kier molecular flexibility index (Phi) is 74.1. The Hall–Kier alpha value is -4.06. The van der Waals surface area contributed by atoms with Gasteiger partial charge in [0.15, 0.2) is 0 Å². The van der Waals surface area contributed by atoms with E-state index in [1.54, 1.807) is 0 Å². The molecule has 0 aromatic heterocycles. The molecule has 1 heterocycles. The zero-order valence-corrected chi connectivity index (χ0v) is 102. The number of sulfone groups is 3. The van der Waals surface area contributed by atoms with Crippen LogP contribution in [0.25, 0.3) is 0 Å². The number of carbonyl (C=O) groups is 1. The van der Waals surface area contributed by atoms with Crippen molar-refractivity contribution >= 4 is 35.6 Å². The van der Waals surface area contributed by atoms with Crippen molar-refractivity contribution in [1.82, 2.24) is 4.90 Å². The van der Waals surface area contributed by atoms with Crippen molar-refractivity contribution in [2.75, 3.05) is 70.8 Å². The number of ether oxygens (including phenoxy) is 4. The van der Waals surface area contributed by atoms with Crippen LogP contribution in [-0.2, 0) is 48.5 Å². The first kappa shape index (κ1) is 140. The lowest BCUT2D eigenvalue weighted by Gasteiger charge is -2.36. The number of hydrogen-bond donors (Lipinski definition) is 0. The highest BCUT2D eigenvalue weighted by Gasteiger charge is 2.35. The van der Waals surface area contributed by atoms with Crippen LogP contribution >= 0.6 is 0 Å². The number of hydrogen-bond acceptors (Lipinski definition) is 17. The fourth-order valence-electron chi connectivity index (χ4n) is 24.3. The van der Waals surface area contributed by atoms with Gasteiger partial charge in [0.25, 0.3) is 0 Å². The van der Waals surface area contributed by atoms with Crippen molar-refractivity contribution in [3.8, 4) is 36.4 Å². The van der Waals surface area contributed by atoms with E-state index >= 15 is 0 Å². The van der Waals surface area contributed by atoms with Gasteiger partial charge in [-0.05, 0) is 405 Å². The molecule has 850 valence electrons. The van der Waals surface area contributed by atoms with E-state index in [2.05, 4.69) is 176 Å². The number of carbonyl (C=O) groups excluding carboxylic acids is 1. The van der Waals surface area contributed by atoms with Crippen molar-refractivity contribution in [2.45, 2.75) is 517 Å². The fourth-order valence-corrected chi connectivity index (χ4v) is 27.4. The molecule has 0 radical (unpaired) electrons. The highest BCUT2D eigenvalue weighted by atomic mass is 32.2. The van der Waals surface area contributed by atoms with Crippen LogP contribution in [0.5, 0.6) is 0 Å². The van der Waals surface area contributed by atoms with E-state index in [1.165, 1.54) is 224 Å². The molecule has 11 aliphatic carbocycles. The van der Waals surface area contributed by atoms with Gasteiger partial charge in [0.05, 0.1) is 65.4 Å². The number of amides is 1. The molecule has 12 fully saturated rings. The average molecular weight is 2100 g/mol. The Labute approximate surface area is 904 Å². The molecule has 1 amide bonds. The lowest BCUT2D eigenvalue weighted by molar-refractivity contribution is 0.0166. The van der Waals surface area contributed by atoms with Crippen LogP contribution < -0.4 is 0 Å². The third kappa shape index (κ3) is 68.3. The summed E-state index contributed by atoms with van der Waals surface area (Å²) >= 11 is 0. The maximum absolute atomic E-state index is 11.8. The Morgan fingerprint density at radius 3 is 1.03 bits per heavy atom. The summed E-state index contributed by atoms with van der Waals surface area (Å²) in [4.78, 5) is 13.6. The molecule has 11 saturated carbocycles. The van der Waals surface area contributed by atoms with Gasteiger partial charge in [-0.25, -0.2) is 30.0 Å². The van der Waals surface area contributed by atoms with Gasteiger partial charge in [0.2, 0.25) is 0 Å². The third-order valence-corrected chi connectivity index (χ3v) is 39.6. The topological polar surface area (TPSA) is 302 Å². The highest BCUT2D eigenvalue weighted by Crippen LogP contribution is 2.43. The van der Waals surface area contributed by atoms with Gasteiger partial charge < -0.3 is 23.8 Å². The maximum atomic E-state index is 11.8. The fraction of sp³-hybridized carbons (Fsp3) is 0.944. The van der Waals surface area contributed by atoms with Crippen LogP contribution in [-0.4, -0.2) is 130 Å². The Morgan fingerprint density at radius 1 is 0.356 bits per heavy atom. The van der Waals surface area contributed by atoms with E-state index < -0.39 is 29.5 Å².